The molecule has 154 valence electrons. The third-order valence-corrected chi connectivity index (χ3v) is 7.73. The molecule has 2 aliphatic rings. The lowest BCUT2D eigenvalue weighted by atomic mass is 10.1. The Morgan fingerprint density at radius 1 is 1.00 bits per heavy atom. The maximum absolute atomic E-state index is 13.4. The molecule has 2 aromatic rings. The van der Waals surface area contributed by atoms with Crippen LogP contribution in [0.2, 0.25) is 5.02 Å². The Labute approximate surface area is 172 Å². The number of hydrogen-bond donors (Lipinski definition) is 0. The third kappa shape index (κ3) is 3.89. The summed E-state index contributed by atoms with van der Waals surface area (Å²) in [5.74, 6) is -2.35. The fourth-order valence-electron chi connectivity index (χ4n) is 3.76. The molecule has 1 amide bonds. The third-order valence-electron chi connectivity index (χ3n) is 5.49. The van der Waals surface area contributed by atoms with E-state index in [2.05, 4.69) is 0 Å². The van der Waals surface area contributed by atoms with E-state index in [1.54, 1.807) is 11.0 Å². The lowest BCUT2D eigenvalue weighted by Gasteiger charge is -2.34. The lowest BCUT2D eigenvalue weighted by Crippen LogP contribution is -2.51. The fourth-order valence-corrected chi connectivity index (χ4v) is 5.47. The Hall–Kier alpha value is -2.03. The largest absolute Gasteiger partial charge is 0.340 e. The molecule has 0 aromatic heterocycles. The molecule has 2 aromatic carbocycles. The Morgan fingerprint density at radius 2 is 1.69 bits per heavy atom. The highest BCUT2D eigenvalue weighted by atomic mass is 35.5. The van der Waals surface area contributed by atoms with Crippen LogP contribution in [0.15, 0.2) is 47.4 Å². The molecular formula is C20H19ClF2N2O3S. The zero-order chi connectivity index (χ0) is 20.8. The van der Waals surface area contributed by atoms with Crippen molar-refractivity contribution in [3.63, 3.8) is 0 Å². The van der Waals surface area contributed by atoms with E-state index in [0.717, 1.165) is 24.1 Å². The van der Waals surface area contributed by atoms with Gasteiger partial charge in [-0.25, -0.2) is 17.2 Å². The van der Waals surface area contributed by atoms with Crippen LogP contribution in [-0.2, 0) is 14.8 Å². The highest BCUT2D eigenvalue weighted by Crippen LogP contribution is 2.50. The average Bonchev–Trinajstić information content (AvgIpc) is 3.50. The molecule has 0 radical (unpaired) electrons. The summed E-state index contributed by atoms with van der Waals surface area (Å²) in [6, 6.07) is 9.99. The highest BCUT2D eigenvalue weighted by molar-refractivity contribution is 7.89. The van der Waals surface area contributed by atoms with Crippen LogP contribution in [0.25, 0.3) is 0 Å². The Morgan fingerprint density at radius 3 is 2.34 bits per heavy atom. The molecule has 1 heterocycles. The van der Waals surface area contributed by atoms with Crippen molar-refractivity contribution in [2.45, 2.75) is 17.2 Å². The van der Waals surface area contributed by atoms with Crippen LogP contribution >= 0.6 is 11.6 Å². The number of amides is 1. The van der Waals surface area contributed by atoms with E-state index in [1.807, 2.05) is 18.2 Å². The minimum absolute atomic E-state index is 0.000190. The second kappa shape index (κ2) is 7.66. The van der Waals surface area contributed by atoms with Gasteiger partial charge in [-0.1, -0.05) is 29.8 Å². The first-order chi connectivity index (χ1) is 13.8. The maximum Gasteiger partial charge on any atom is 0.243 e. The summed E-state index contributed by atoms with van der Waals surface area (Å²) in [4.78, 5) is 14.2. The normalized spacial score (nSPS) is 22.5. The van der Waals surface area contributed by atoms with Crippen molar-refractivity contribution in [2.75, 3.05) is 26.2 Å². The van der Waals surface area contributed by atoms with Crippen LogP contribution in [-0.4, -0.2) is 49.7 Å². The highest BCUT2D eigenvalue weighted by Gasteiger charge is 2.47. The number of benzene rings is 2. The van der Waals surface area contributed by atoms with Gasteiger partial charge in [0, 0.05) is 37.1 Å². The zero-order valence-corrected chi connectivity index (χ0v) is 17.0. The molecule has 2 unspecified atom stereocenters. The summed E-state index contributed by atoms with van der Waals surface area (Å²) >= 11 is 6.21. The zero-order valence-electron chi connectivity index (χ0n) is 15.4. The van der Waals surface area contributed by atoms with E-state index in [9.17, 15) is 22.0 Å². The number of piperazine rings is 1. The van der Waals surface area contributed by atoms with Gasteiger partial charge in [0.05, 0.1) is 4.90 Å². The van der Waals surface area contributed by atoms with E-state index in [0.29, 0.717) is 11.1 Å². The molecule has 0 bridgehead atoms. The van der Waals surface area contributed by atoms with Gasteiger partial charge < -0.3 is 4.90 Å². The van der Waals surface area contributed by atoms with Crippen molar-refractivity contribution in [2.24, 2.45) is 5.92 Å². The van der Waals surface area contributed by atoms with Crippen molar-refractivity contribution in [1.82, 2.24) is 9.21 Å². The molecule has 1 aliphatic carbocycles. The van der Waals surface area contributed by atoms with Gasteiger partial charge in [-0.3, -0.25) is 4.79 Å². The van der Waals surface area contributed by atoms with Crippen molar-refractivity contribution in [3.05, 3.63) is 64.7 Å². The van der Waals surface area contributed by atoms with Gasteiger partial charge >= 0.3 is 0 Å². The van der Waals surface area contributed by atoms with Gasteiger partial charge in [0.25, 0.3) is 0 Å². The first-order valence-corrected chi connectivity index (χ1v) is 11.1. The number of rotatable bonds is 4. The summed E-state index contributed by atoms with van der Waals surface area (Å²) in [7, 11) is -3.94. The summed E-state index contributed by atoms with van der Waals surface area (Å²) in [6.45, 7) is 0.730. The number of carbonyl (C=O) groups is 1. The van der Waals surface area contributed by atoms with Gasteiger partial charge in [-0.2, -0.15) is 4.31 Å². The molecular weight excluding hydrogens is 422 g/mol. The standard InChI is InChI=1S/C20H19ClF2N2O3S/c21-17-4-2-1-3-14(17)15-12-16(15)20(26)24-7-9-25(10-8-24)29(27,28)13-5-6-18(22)19(23)11-13/h1-6,11,15-16H,7-10,12H2. The molecule has 1 saturated heterocycles. The smallest absolute Gasteiger partial charge is 0.243 e. The molecule has 9 heteroatoms. The van der Waals surface area contributed by atoms with E-state index in [1.165, 1.54) is 4.31 Å². The molecule has 1 aliphatic heterocycles. The van der Waals surface area contributed by atoms with Crippen molar-refractivity contribution in [1.29, 1.82) is 0 Å². The molecule has 5 nitrogen and oxygen atoms in total. The van der Waals surface area contributed by atoms with Crippen LogP contribution in [0.1, 0.15) is 17.9 Å². The van der Waals surface area contributed by atoms with Crippen LogP contribution in [0.5, 0.6) is 0 Å². The summed E-state index contributed by atoms with van der Waals surface area (Å²) < 4.78 is 53.0. The van der Waals surface area contributed by atoms with Gasteiger partial charge in [-0.15, -0.1) is 0 Å². The number of carbonyl (C=O) groups excluding carboxylic acids is 1. The molecule has 29 heavy (non-hydrogen) atoms. The quantitative estimate of drug-likeness (QED) is 0.733. The predicted molar refractivity (Wildman–Crippen MR) is 104 cm³/mol. The Balaban J connectivity index is 1.39. The van der Waals surface area contributed by atoms with Gasteiger partial charge in [-0.05, 0) is 42.2 Å². The molecule has 1 saturated carbocycles. The molecule has 2 fully saturated rings. The SMILES string of the molecule is O=C(C1CC1c1ccccc1Cl)N1CCN(S(=O)(=O)c2ccc(F)c(F)c2)CC1. The van der Waals surface area contributed by atoms with Crippen LogP contribution in [0.3, 0.4) is 0 Å². The van der Waals surface area contributed by atoms with Crippen LogP contribution < -0.4 is 0 Å². The number of sulfonamides is 1. The Kier molecular flexibility index (Phi) is 5.35. The molecule has 4 rings (SSSR count). The fraction of sp³-hybridized carbons (Fsp3) is 0.350. The predicted octanol–water partition coefficient (Wildman–Crippen LogP) is 3.25. The second-order valence-electron chi connectivity index (χ2n) is 7.28. The second-order valence-corrected chi connectivity index (χ2v) is 9.62. The maximum atomic E-state index is 13.4. The summed E-state index contributed by atoms with van der Waals surface area (Å²) in [5.41, 5.74) is 0.965. The number of hydrogen-bond acceptors (Lipinski definition) is 3. The first-order valence-electron chi connectivity index (χ1n) is 9.27. The first kappa shape index (κ1) is 20.3. The van der Waals surface area contributed by atoms with Crippen molar-refractivity contribution in [3.8, 4) is 0 Å². The molecule has 2 atom stereocenters. The van der Waals surface area contributed by atoms with E-state index < -0.39 is 21.7 Å². The average molecular weight is 441 g/mol. The van der Waals surface area contributed by atoms with E-state index in [4.69, 9.17) is 11.6 Å². The van der Waals surface area contributed by atoms with E-state index in [-0.39, 0.29) is 48.8 Å². The van der Waals surface area contributed by atoms with Crippen molar-refractivity contribution >= 4 is 27.5 Å². The summed E-state index contributed by atoms with van der Waals surface area (Å²) in [5, 5.41) is 0.648. The minimum atomic E-state index is -3.94. The molecule has 0 spiro atoms. The van der Waals surface area contributed by atoms with Crippen LogP contribution in [0, 0.1) is 17.6 Å². The Bertz CT molecular complexity index is 1060. The van der Waals surface area contributed by atoms with E-state index >= 15 is 0 Å². The minimum Gasteiger partial charge on any atom is -0.340 e. The number of halogens is 3. The van der Waals surface area contributed by atoms with Crippen LogP contribution in [0.4, 0.5) is 8.78 Å². The molecule has 0 N–H and O–H groups in total. The lowest BCUT2D eigenvalue weighted by molar-refractivity contribution is -0.133. The van der Waals surface area contributed by atoms with Gasteiger partial charge in [0.2, 0.25) is 15.9 Å². The monoisotopic (exact) mass is 440 g/mol. The van der Waals surface area contributed by atoms with Gasteiger partial charge in [0.15, 0.2) is 11.6 Å². The van der Waals surface area contributed by atoms with Gasteiger partial charge in [0.1, 0.15) is 0 Å². The van der Waals surface area contributed by atoms with Crippen molar-refractivity contribution < 1.29 is 22.0 Å². The topological polar surface area (TPSA) is 57.7 Å². The summed E-state index contributed by atoms with van der Waals surface area (Å²) in [6.07, 6.45) is 0.732. The number of nitrogens with zero attached hydrogens (tertiary/aromatic N) is 2.